The highest BCUT2D eigenvalue weighted by Gasteiger charge is 1.76. The molecular formula is C2H3Br2I3. The van der Waals surface area contributed by atoms with E-state index in [2.05, 4.69) is 99.6 Å². The molecule has 0 radical (unpaired) electrons. The van der Waals surface area contributed by atoms with Crippen LogP contribution < -0.4 is 0 Å². The first-order valence-corrected chi connectivity index (χ1v) is 7.17. The minimum absolute atomic E-state index is 0.743. The van der Waals surface area contributed by atoms with Gasteiger partial charge in [-0.05, 0) is 0 Å². The van der Waals surface area contributed by atoms with Crippen molar-refractivity contribution in [1.29, 1.82) is 0 Å². The second kappa shape index (κ2) is 11.9. The van der Waals surface area contributed by atoms with Crippen LogP contribution >= 0.6 is 99.6 Å². The van der Waals surface area contributed by atoms with E-state index in [9.17, 15) is 0 Å². The quantitative estimate of drug-likeness (QED) is 0.303. The lowest BCUT2D eigenvalue weighted by Gasteiger charge is -1.71. The summed E-state index contributed by atoms with van der Waals surface area (Å²) in [4.78, 5) is 0. The molecule has 0 saturated heterocycles. The first kappa shape index (κ1) is 12.8. The van der Waals surface area contributed by atoms with Crippen LogP contribution in [0.25, 0.3) is 0 Å². The highest BCUT2D eigenvalue weighted by atomic mass is 127. The van der Waals surface area contributed by atoms with Gasteiger partial charge in [0.15, 0.2) is 0 Å². The Morgan fingerprint density at radius 3 is 1.14 bits per heavy atom. The van der Waals surface area contributed by atoms with Crippen molar-refractivity contribution >= 4 is 99.6 Å². The van der Waals surface area contributed by atoms with Crippen LogP contribution in [-0.2, 0) is 0 Å². The maximum Gasteiger partial charge on any atom is 0.114 e. The van der Waals surface area contributed by atoms with Crippen LogP contribution in [0.2, 0.25) is 0 Å². The predicted molar refractivity (Wildman–Crippen MR) is 68.6 cm³/mol. The van der Waals surface area contributed by atoms with E-state index in [1.165, 1.54) is 0 Å². The third-order valence-electron chi connectivity index (χ3n) is 0. The summed E-state index contributed by atoms with van der Waals surface area (Å²) in [5.74, 6) is 0. The largest absolute Gasteiger partial charge is 0.114 e. The van der Waals surface area contributed by atoms with Gasteiger partial charge in [-0.15, -0.1) is 0 Å². The van der Waals surface area contributed by atoms with Crippen molar-refractivity contribution in [3.05, 3.63) is 0 Å². The molecule has 0 fully saturated rings. The fourth-order valence-corrected chi connectivity index (χ4v) is 0. The van der Waals surface area contributed by atoms with Crippen molar-refractivity contribution in [3.8, 4) is 0 Å². The van der Waals surface area contributed by atoms with Crippen molar-refractivity contribution < 1.29 is 0 Å². The molecule has 0 heterocycles. The summed E-state index contributed by atoms with van der Waals surface area (Å²) in [6.45, 7) is 0. The summed E-state index contributed by atoms with van der Waals surface area (Å²) in [6, 6.07) is 0. The Kier molecular flexibility index (Phi) is 21.7. The Bertz CT molecular complexity index is 22.1. The lowest BCUT2D eigenvalue weighted by Crippen LogP contribution is -1.47. The van der Waals surface area contributed by atoms with E-state index in [0.29, 0.717) is 0 Å². The SMILES string of the molecule is BrCBr.IC(I)I. The zero-order valence-corrected chi connectivity index (χ0v) is 12.8. The predicted octanol–water partition coefficient (Wildman–Crippen LogP) is 4.31. The molecule has 0 aliphatic rings. The molecule has 0 saturated carbocycles. The van der Waals surface area contributed by atoms with Crippen LogP contribution in [0.5, 0.6) is 0 Å². The van der Waals surface area contributed by atoms with Gasteiger partial charge < -0.3 is 0 Å². The molecule has 0 spiro atoms. The molecule has 5 heteroatoms. The average molecular weight is 568 g/mol. The molecule has 46 valence electrons. The van der Waals surface area contributed by atoms with Gasteiger partial charge >= 0.3 is 0 Å². The summed E-state index contributed by atoms with van der Waals surface area (Å²) in [6.07, 6.45) is 0. The highest BCUT2D eigenvalue weighted by Crippen LogP contribution is 2.16. The molecule has 0 aromatic carbocycles. The molecule has 0 N–H and O–H groups in total. The topological polar surface area (TPSA) is 0 Å². The minimum Gasteiger partial charge on any atom is -0.0802 e. The van der Waals surface area contributed by atoms with Crippen LogP contribution in [-0.4, -0.2) is 4.18 Å². The zero-order valence-electron chi connectivity index (χ0n) is 3.17. The van der Waals surface area contributed by atoms with Gasteiger partial charge in [0.1, 0.15) is -0.0619 Å². The maximum atomic E-state index is 3.06. The van der Waals surface area contributed by atoms with Crippen molar-refractivity contribution in [3.63, 3.8) is 0 Å². The summed E-state index contributed by atoms with van der Waals surface area (Å²) >= 11 is 13.1. The minimum atomic E-state index is 0.743. The van der Waals surface area contributed by atoms with Gasteiger partial charge in [-0.25, -0.2) is 0 Å². The number of hydrogen-bond donors (Lipinski definition) is 0. The normalized spacial score (nSPS) is 7.71. The van der Waals surface area contributed by atoms with E-state index in [4.69, 9.17) is 0 Å². The van der Waals surface area contributed by atoms with E-state index < -0.39 is 0 Å². The molecule has 0 atom stereocenters. The lowest BCUT2D eigenvalue weighted by atomic mass is 12.0. The van der Waals surface area contributed by atoms with E-state index in [1.54, 1.807) is 0 Å². The Morgan fingerprint density at radius 2 is 1.14 bits per heavy atom. The van der Waals surface area contributed by atoms with Crippen LogP contribution in [0.1, 0.15) is 0 Å². The number of alkyl halides is 5. The van der Waals surface area contributed by atoms with Gasteiger partial charge in [0.2, 0.25) is 0 Å². The first-order valence-electron chi connectivity index (χ1n) is 1.19. The highest BCUT2D eigenvalue weighted by molar-refractivity contribution is 14.3. The molecule has 0 aliphatic carbocycles. The molecule has 0 unspecified atom stereocenters. The van der Waals surface area contributed by atoms with Gasteiger partial charge in [-0.2, -0.15) is 0 Å². The number of rotatable bonds is 0. The lowest BCUT2D eigenvalue weighted by molar-refractivity contribution is 2.44. The van der Waals surface area contributed by atoms with Crippen molar-refractivity contribution in [1.82, 2.24) is 0 Å². The second-order valence-corrected chi connectivity index (χ2v) is 13.9. The first-order chi connectivity index (χ1) is 3.15. The van der Waals surface area contributed by atoms with Gasteiger partial charge in [0.25, 0.3) is 0 Å². The Labute approximate surface area is 102 Å². The monoisotopic (exact) mass is 566 g/mol. The molecule has 0 rings (SSSR count). The smallest absolute Gasteiger partial charge is 0.0802 e. The van der Waals surface area contributed by atoms with Gasteiger partial charge in [0, 0.05) is 0 Å². The molecule has 0 amide bonds. The maximum absolute atomic E-state index is 3.06. The van der Waals surface area contributed by atoms with Gasteiger partial charge in [-0.1, -0.05) is 99.6 Å². The third kappa shape index (κ3) is 47.1. The third-order valence-corrected chi connectivity index (χ3v) is 0. The zero-order chi connectivity index (χ0) is 6.28. The van der Waals surface area contributed by atoms with Crippen molar-refractivity contribution in [2.75, 3.05) is 4.24 Å². The molecule has 0 aromatic rings. The van der Waals surface area contributed by atoms with Gasteiger partial charge in [0.05, 0.1) is 4.24 Å². The summed E-state index contributed by atoms with van der Waals surface area (Å²) in [5.41, 5.74) is 0. The standard InChI is InChI=1S/CH2Br2.CHI3/c2-1-3;2-1(3)4/h1H2;1H. The van der Waals surface area contributed by atoms with Crippen LogP contribution in [0.3, 0.4) is 0 Å². The van der Waals surface area contributed by atoms with Gasteiger partial charge in [-0.3, -0.25) is 0 Å². The van der Waals surface area contributed by atoms with E-state index in [-0.39, 0.29) is 0 Å². The molecule has 0 aromatic heterocycles. The van der Waals surface area contributed by atoms with Crippen LogP contribution in [0.4, 0.5) is 0 Å². The summed E-state index contributed by atoms with van der Waals surface area (Å²) in [5, 5.41) is 0. The van der Waals surface area contributed by atoms with Crippen LogP contribution in [0.15, 0.2) is 0 Å². The number of halogens is 5. The Morgan fingerprint density at radius 1 is 1.14 bits per heavy atom. The van der Waals surface area contributed by atoms with E-state index in [1.807, 2.05) is 0 Å². The van der Waals surface area contributed by atoms with Crippen molar-refractivity contribution in [2.24, 2.45) is 0 Å². The Balaban J connectivity index is 0. The Hall–Kier alpha value is 3.15. The molecule has 0 bridgehead atoms. The molecule has 0 aliphatic heterocycles. The summed E-state index contributed by atoms with van der Waals surface area (Å²) < 4.78 is 1.62. The van der Waals surface area contributed by atoms with Crippen molar-refractivity contribution in [2.45, 2.75) is -0.0619 Å². The van der Waals surface area contributed by atoms with Crippen LogP contribution in [0, 0.1) is 0 Å². The van der Waals surface area contributed by atoms with E-state index >= 15 is 0 Å². The summed E-state index contributed by atoms with van der Waals surface area (Å²) in [7, 11) is 0. The number of hydrogen-bond acceptors (Lipinski definition) is 0. The molecule has 0 nitrogen and oxygen atoms in total. The molecule has 7 heavy (non-hydrogen) atoms. The fourth-order valence-electron chi connectivity index (χ4n) is 0. The second-order valence-electron chi connectivity index (χ2n) is 0.348. The molecular weight excluding hydrogens is 565 g/mol. The fraction of sp³-hybridized carbons (Fsp3) is 1.00. The van der Waals surface area contributed by atoms with E-state index in [0.717, 1.165) is 4.18 Å². The average Bonchev–Trinajstić information content (AvgIpc) is 1.33.